The number of rotatable bonds is 43. The summed E-state index contributed by atoms with van der Waals surface area (Å²) in [6.07, 6.45) is 63.9. The van der Waals surface area contributed by atoms with Gasteiger partial charge in [-0.1, -0.05) is 182 Å². The Hall–Kier alpha value is -3.67. The van der Waals surface area contributed by atoms with E-state index >= 15 is 0 Å². The number of carbonyl (C=O) groups excluding carboxylic acids is 3. The predicted molar refractivity (Wildman–Crippen MR) is 260 cm³/mol. The van der Waals surface area contributed by atoms with Crippen LogP contribution >= 0.6 is 0 Å². The van der Waals surface area contributed by atoms with Crippen LogP contribution < -0.4 is 0 Å². The van der Waals surface area contributed by atoms with Gasteiger partial charge < -0.3 is 14.2 Å². The molecular formula is C55H90O6. The van der Waals surface area contributed by atoms with Crippen LogP contribution in [-0.2, 0) is 28.6 Å². The van der Waals surface area contributed by atoms with E-state index in [9.17, 15) is 14.4 Å². The molecule has 6 nitrogen and oxygen atoms in total. The summed E-state index contributed by atoms with van der Waals surface area (Å²) in [6, 6.07) is 0. The van der Waals surface area contributed by atoms with Crippen molar-refractivity contribution in [1.82, 2.24) is 0 Å². The van der Waals surface area contributed by atoms with Crippen LogP contribution in [-0.4, -0.2) is 37.2 Å². The maximum absolute atomic E-state index is 12.8. The molecule has 0 heterocycles. The first-order valence-electron chi connectivity index (χ1n) is 24.7. The maximum atomic E-state index is 12.8. The molecule has 0 radical (unpaired) electrons. The fraction of sp³-hybridized carbons (Fsp3) is 0.655. The predicted octanol–water partition coefficient (Wildman–Crippen LogP) is 16.2. The topological polar surface area (TPSA) is 78.9 Å². The minimum atomic E-state index is -0.816. The van der Waals surface area contributed by atoms with Gasteiger partial charge in [-0.25, -0.2) is 0 Å². The largest absolute Gasteiger partial charge is 0.462 e. The molecular weight excluding hydrogens is 757 g/mol. The van der Waals surface area contributed by atoms with E-state index in [0.29, 0.717) is 19.3 Å². The van der Waals surface area contributed by atoms with Crippen molar-refractivity contribution < 1.29 is 28.6 Å². The molecule has 0 unspecified atom stereocenters. The van der Waals surface area contributed by atoms with E-state index in [1.807, 2.05) is 0 Å². The number of carbonyl (C=O) groups is 3. The highest BCUT2D eigenvalue weighted by molar-refractivity contribution is 5.71. The van der Waals surface area contributed by atoms with Crippen LogP contribution in [0.15, 0.2) is 97.2 Å². The summed E-state index contributed by atoms with van der Waals surface area (Å²) >= 11 is 0. The first-order valence-corrected chi connectivity index (χ1v) is 24.7. The van der Waals surface area contributed by atoms with Gasteiger partial charge in [-0.15, -0.1) is 0 Å². The van der Waals surface area contributed by atoms with Gasteiger partial charge >= 0.3 is 17.9 Å². The first-order chi connectivity index (χ1) is 30.0. The summed E-state index contributed by atoms with van der Waals surface area (Å²) in [5, 5.41) is 0. The minimum absolute atomic E-state index is 0.110. The van der Waals surface area contributed by atoms with Crippen LogP contribution in [0.3, 0.4) is 0 Å². The van der Waals surface area contributed by atoms with Crippen LogP contribution in [0, 0.1) is 0 Å². The summed E-state index contributed by atoms with van der Waals surface area (Å²) in [6.45, 7) is 6.37. The van der Waals surface area contributed by atoms with Crippen LogP contribution in [0.25, 0.3) is 0 Å². The summed E-state index contributed by atoms with van der Waals surface area (Å²) in [5.41, 5.74) is 0. The average molecular weight is 847 g/mol. The van der Waals surface area contributed by atoms with Crippen LogP contribution in [0.5, 0.6) is 0 Å². The van der Waals surface area contributed by atoms with Gasteiger partial charge in [0.25, 0.3) is 0 Å². The third-order valence-electron chi connectivity index (χ3n) is 10.0. The lowest BCUT2D eigenvalue weighted by molar-refractivity contribution is -0.167. The van der Waals surface area contributed by atoms with Crippen molar-refractivity contribution in [3.63, 3.8) is 0 Å². The van der Waals surface area contributed by atoms with Crippen molar-refractivity contribution in [2.75, 3.05) is 13.2 Å². The second-order valence-corrected chi connectivity index (χ2v) is 16.0. The molecule has 346 valence electrons. The molecule has 0 saturated heterocycles. The smallest absolute Gasteiger partial charge is 0.306 e. The Labute approximate surface area is 375 Å². The van der Waals surface area contributed by atoms with Gasteiger partial charge in [0.15, 0.2) is 6.10 Å². The Morgan fingerprint density at radius 1 is 0.344 bits per heavy atom. The van der Waals surface area contributed by atoms with Crippen molar-refractivity contribution in [2.24, 2.45) is 0 Å². The Balaban J connectivity index is 4.52. The molecule has 0 N–H and O–H groups in total. The molecule has 61 heavy (non-hydrogen) atoms. The quantitative estimate of drug-likeness (QED) is 0.0263. The summed E-state index contributed by atoms with van der Waals surface area (Å²) in [4.78, 5) is 37.9. The maximum Gasteiger partial charge on any atom is 0.306 e. The van der Waals surface area contributed by atoms with E-state index in [-0.39, 0.29) is 37.5 Å². The number of ether oxygens (including phenoxy) is 3. The summed E-state index contributed by atoms with van der Waals surface area (Å²) < 4.78 is 16.7. The lowest BCUT2D eigenvalue weighted by Crippen LogP contribution is -2.30. The third-order valence-corrected chi connectivity index (χ3v) is 10.0. The van der Waals surface area contributed by atoms with Crippen molar-refractivity contribution in [1.29, 1.82) is 0 Å². The number of esters is 3. The molecule has 1 atom stereocenters. The van der Waals surface area contributed by atoms with Gasteiger partial charge in [-0.3, -0.25) is 14.4 Å². The minimum Gasteiger partial charge on any atom is -0.462 e. The molecule has 0 aromatic heterocycles. The number of hydrogen-bond acceptors (Lipinski definition) is 6. The fourth-order valence-electron chi connectivity index (χ4n) is 6.31. The Morgan fingerprint density at radius 3 is 1.11 bits per heavy atom. The highest BCUT2D eigenvalue weighted by atomic mass is 16.6. The molecule has 0 aliphatic heterocycles. The molecule has 0 fully saturated rings. The molecule has 6 heteroatoms. The molecule has 0 aromatic carbocycles. The average Bonchev–Trinajstić information content (AvgIpc) is 3.26. The third kappa shape index (κ3) is 47.2. The highest BCUT2D eigenvalue weighted by Crippen LogP contribution is 2.12. The van der Waals surface area contributed by atoms with E-state index < -0.39 is 6.10 Å². The zero-order valence-electron chi connectivity index (χ0n) is 39.4. The van der Waals surface area contributed by atoms with Crippen LogP contribution in [0.2, 0.25) is 0 Å². The molecule has 0 saturated carbocycles. The Kier molecular flexibility index (Phi) is 46.0. The molecule has 0 aliphatic carbocycles. The van der Waals surface area contributed by atoms with Crippen molar-refractivity contribution in [3.05, 3.63) is 97.2 Å². The van der Waals surface area contributed by atoms with E-state index in [1.165, 1.54) is 51.4 Å². The van der Waals surface area contributed by atoms with E-state index in [4.69, 9.17) is 14.2 Å². The van der Waals surface area contributed by atoms with Gasteiger partial charge in [0.1, 0.15) is 13.2 Å². The monoisotopic (exact) mass is 847 g/mol. The summed E-state index contributed by atoms with van der Waals surface area (Å²) in [7, 11) is 0. The second-order valence-electron chi connectivity index (χ2n) is 16.0. The SMILES string of the molecule is CC/C=C\C/C=C\C/C=C\C/C=C\C/C=C\CCCC(=O)O[C@H](COC(=O)CCCCCCC/C=C\C/C=C\CCCCC)COC(=O)CCCCCCC/C=C\CCCC. The lowest BCUT2D eigenvalue weighted by atomic mass is 10.1. The lowest BCUT2D eigenvalue weighted by Gasteiger charge is -2.18. The van der Waals surface area contributed by atoms with Gasteiger partial charge in [0.2, 0.25) is 0 Å². The van der Waals surface area contributed by atoms with Crippen molar-refractivity contribution in [2.45, 2.75) is 219 Å². The molecule has 0 aromatic rings. The van der Waals surface area contributed by atoms with E-state index in [1.54, 1.807) is 0 Å². The summed E-state index contributed by atoms with van der Waals surface area (Å²) in [5.74, 6) is -0.999. The molecule has 0 rings (SSSR count). The van der Waals surface area contributed by atoms with Crippen LogP contribution in [0.4, 0.5) is 0 Å². The molecule has 0 aliphatic rings. The number of unbranched alkanes of at least 4 members (excludes halogenated alkanes) is 16. The van der Waals surface area contributed by atoms with Crippen molar-refractivity contribution in [3.8, 4) is 0 Å². The molecule has 0 spiro atoms. The van der Waals surface area contributed by atoms with Crippen LogP contribution in [0.1, 0.15) is 213 Å². The second kappa shape index (κ2) is 49.0. The Bertz CT molecular complexity index is 1250. The number of hydrogen-bond donors (Lipinski definition) is 0. The zero-order chi connectivity index (χ0) is 44.4. The molecule has 0 bridgehead atoms. The van der Waals surface area contributed by atoms with Gasteiger partial charge in [0, 0.05) is 19.3 Å². The van der Waals surface area contributed by atoms with E-state index in [0.717, 1.165) is 116 Å². The van der Waals surface area contributed by atoms with E-state index in [2.05, 4.69) is 118 Å². The van der Waals surface area contributed by atoms with Gasteiger partial charge in [0.05, 0.1) is 0 Å². The number of allylic oxidation sites excluding steroid dienone is 16. The standard InChI is InChI=1S/C55H90O6/c1-4-7-10-13-16-19-22-24-26-27-29-31-34-37-40-43-46-49-55(58)61-52(50-59-53(56)47-44-41-38-35-32-21-18-15-12-9-6-3)51-60-54(57)48-45-42-39-36-33-30-28-25-23-20-17-14-11-8-5-2/h7,10,15-20,24-26,28-29,31,37,40,52H,4-6,8-9,11-14,21-23,27,30,32-36,38-39,41-51H2,1-3H3/b10-7-,18-15-,19-16-,20-17-,26-24-,28-25-,31-29-,40-37-/t52-/m0/s1. The highest BCUT2D eigenvalue weighted by Gasteiger charge is 2.19. The normalized spacial score (nSPS) is 12.9. The fourth-order valence-corrected chi connectivity index (χ4v) is 6.31. The van der Waals surface area contributed by atoms with Gasteiger partial charge in [-0.2, -0.15) is 0 Å². The van der Waals surface area contributed by atoms with Gasteiger partial charge in [-0.05, 0) is 109 Å². The first kappa shape index (κ1) is 57.3. The zero-order valence-corrected chi connectivity index (χ0v) is 39.4. The molecule has 0 amide bonds. The Morgan fingerprint density at radius 2 is 0.672 bits per heavy atom. The van der Waals surface area contributed by atoms with Crippen molar-refractivity contribution >= 4 is 17.9 Å².